The summed E-state index contributed by atoms with van der Waals surface area (Å²) in [6, 6.07) is 13.1. The number of nitrogens with zero attached hydrogens (tertiary/aromatic N) is 6. The predicted molar refractivity (Wildman–Crippen MR) is 165 cm³/mol. The first-order valence-electron chi connectivity index (χ1n) is 15.1. The summed E-state index contributed by atoms with van der Waals surface area (Å²) >= 11 is 0. The second-order valence-corrected chi connectivity index (χ2v) is 12.6. The van der Waals surface area contributed by atoms with Gasteiger partial charge in [-0.3, -0.25) is 9.72 Å². The van der Waals surface area contributed by atoms with Crippen molar-refractivity contribution in [2.45, 2.75) is 83.4 Å². The number of piperidine rings is 1. The van der Waals surface area contributed by atoms with Gasteiger partial charge in [-0.05, 0) is 62.3 Å². The number of hydrogen-bond acceptors (Lipinski definition) is 8. The van der Waals surface area contributed by atoms with E-state index in [1.54, 1.807) is 6.07 Å². The second-order valence-electron chi connectivity index (χ2n) is 12.6. The standard InChI is InChI=1S/C32H38N8O4/c1-19-9-7-8-16-39(19)31-38-37-27-15-12-20(18-40(27)31)44-24-14-13-23(21-10-5-6-11-22(21)24)33-30(43)36-26-17-25(32(2,3)4)34-28(35-26)29(41)42/h5-6,10-12,15,17-19,23-24H,7-9,13-14,16H2,1-4H3,(H,41,42)(H2,33,34,35,36,43)/t19?,23-,24+/m0/s1. The minimum atomic E-state index is -1.26. The molecule has 2 aliphatic rings. The Kier molecular flexibility index (Phi) is 7.83. The van der Waals surface area contributed by atoms with Gasteiger partial charge in [-0.1, -0.05) is 45.0 Å². The van der Waals surface area contributed by atoms with Crippen molar-refractivity contribution >= 4 is 29.4 Å². The van der Waals surface area contributed by atoms with Crippen molar-refractivity contribution in [3.05, 3.63) is 71.3 Å². The van der Waals surface area contributed by atoms with Gasteiger partial charge in [-0.25, -0.2) is 19.6 Å². The molecule has 2 amide bonds. The maximum absolute atomic E-state index is 13.1. The molecule has 0 radical (unpaired) electrons. The minimum Gasteiger partial charge on any atom is -0.484 e. The third kappa shape index (κ3) is 6.01. The van der Waals surface area contributed by atoms with Crippen molar-refractivity contribution in [1.82, 2.24) is 29.9 Å². The van der Waals surface area contributed by atoms with Crippen LogP contribution in [-0.2, 0) is 5.41 Å². The lowest BCUT2D eigenvalue weighted by Crippen LogP contribution is -2.38. The van der Waals surface area contributed by atoms with Gasteiger partial charge in [-0.15, -0.1) is 10.2 Å². The molecule has 0 bridgehead atoms. The predicted octanol–water partition coefficient (Wildman–Crippen LogP) is 5.67. The van der Waals surface area contributed by atoms with E-state index in [0.717, 1.165) is 47.9 Å². The van der Waals surface area contributed by atoms with Gasteiger partial charge in [0, 0.05) is 24.1 Å². The largest absolute Gasteiger partial charge is 0.484 e. The molecule has 1 aliphatic carbocycles. The van der Waals surface area contributed by atoms with Crippen molar-refractivity contribution in [2.24, 2.45) is 0 Å². The van der Waals surface area contributed by atoms with Crippen LogP contribution in [0.15, 0.2) is 48.7 Å². The molecule has 12 nitrogen and oxygen atoms in total. The van der Waals surface area contributed by atoms with Crippen LogP contribution in [0.25, 0.3) is 5.65 Å². The number of carboxylic acids is 1. The molecule has 3 atom stereocenters. The zero-order chi connectivity index (χ0) is 31.0. The Hall–Kier alpha value is -4.74. The van der Waals surface area contributed by atoms with Crippen LogP contribution < -0.4 is 20.3 Å². The highest BCUT2D eigenvalue weighted by atomic mass is 16.5. The van der Waals surface area contributed by atoms with E-state index in [2.05, 4.69) is 42.6 Å². The monoisotopic (exact) mass is 598 g/mol. The molecule has 1 unspecified atom stereocenters. The molecule has 0 spiro atoms. The molecule has 4 aromatic rings. The van der Waals surface area contributed by atoms with Gasteiger partial charge < -0.3 is 20.1 Å². The maximum Gasteiger partial charge on any atom is 0.374 e. The zero-order valence-corrected chi connectivity index (χ0v) is 25.4. The third-order valence-corrected chi connectivity index (χ3v) is 8.36. The molecular weight excluding hydrogens is 560 g/mol. The Labute approximate surface area is 255 Å². The van der Waals surface area contributed by atoms with E-state index in [-0.39, 0.29) is 23.8 Å². The second kappa shape index (κ2) is 11.7. The van der Waals surface area contributed by atoms with Crippen LogP contribution in [0.5, 0.6) is 5.75 Å². The molecular formula is C32H38N8O4. The van der Waals surface area contributed by atoms with E-state index in [0.29, 0.717) is 24.6 Å². The first-order valence-corrected chi connectivity index (χ1v) is 15.1. The average Bonchev–Trinajstić information content (AvgIpc) is 3.41. The first-order chi connectivity index (χ1) is 21.1. The van der Waals surface area contributed by atoms with Crippen LogP contribution in [-0.4, -0.2) is 54.3 Å². The first kappa shape index (κ1) is 29.3. The van der Waals surface area contributed by atoms with Gasteiger partial charge in [0.1, 0.15) is 17.7 Å². The van der Waals surface area contributed by atoms with Crippen LogP contribution in [0.3, 0.4) is 0 Å². The number of nitrogens with one attached hydrogen (secondary N) is 2. The molecule has 3 aromatic heterocycles. The molecule has 1 aliphatic heterocycles. The van der Waals surface area contributed by atoms with Crippen molar-refractivity contribution in [1.29, 1.82) is 0 Å². The molecule has 6 rings (SSSR count). The highest BCUT2D eigenvalue weighted by Gasteiger charge is 2.30. The Morgan fingerprint density at radius 1 is 1.00 bits per heavy atom. The minimum absolute atomic E-state index is 0.132. The maximum atomic E-state index is 13.1. The number of carbonyl (C=O) groups excluding carboxylic acids is 1. The van der Waals surface area contributed by atoms with Crippen LogP contribution in [0.1, 0.15) is 99.4 Å². The SMILES string of the molecule is CC1CCCCN1c1nnc2ccc(O[C@@H]3CC[C@H](NC(=O)Nc4cc(C(C)(C)C)nc(C(=O)O)n4)c4ccccc43)cn12. The number of aromatic carboxylic acids is 1. The summed E-state index contributed by atoms with van der Waals surface area (Å²) in [6.07, 6.45) is 6.60. The Balaban J connectivity index is 1.19. The van der Waals surface area contributed by atoms with E-state index in [4.69, 9.17) is 4.74 Å². The number of urea groups is 1. The van der Waals surface area contributed by atoms with Crippen molar-refractivity contribution in [2.75, 3.05) is 16.8 Å². The number of carbonyl (C=O) groups is 2. The lowest BCUT2D eigenvalue weighted by molar-refractivity contribution is 0.0683. The number of carboxylic acid groups (broad SMARTS) is 1. The molecule has 4 heterocycles. The summed E-state index contributed by atoms with van der Waals surface area (Å²) in [6.45, 7) is 8.94. The van der Waals surface area contributed by atoms with Crippen LogP contribution >= 0.6 is 0 Å². The van der Waals surface area contributed by atoms with E-state index in [9.17, 15) is 14.7 Å². The number of pyridine rings is 1. The number of ether oxygens (including phenoxy) is 1. The van der Waals surface area contributed by atoms with Crippen molar-refractivity contribution < 1.29 is 19.4 Å². The van der Waals surface area contributed by atoms with E-state index >= 15 is 0 Å². The Bertz CT molecular complexity index is 1700. The highest BCUT2D eigenvalue weighted by Crippen LogP contribution is 2.39. The van der Waals surface area contributed by atoms with Gasteiger partial charge in [0.25, 0.3) is 0 Å². The molecule has 1 saturated heterocycles. The number of aromatic nitrogens is 5. The van der Waals surface area contributed by atoms with Gasteiger partial charge >= 0.3 is 12.0 Å². The van der Waals surface area contributed by atoms with E-state index in [1.807, 2.05) is 67.8 Å². The summed E-state index contributed by atoms with van der Waals surface area (Å²) < 4.78 is 8.57. The van der Waals surface area contributed by atoms with Gasteiger partial charge in [0.05, 0.1) is 17.9 Å². The molecule has 230 valence electrons. The lowest BCUT2D eigenvalue weighted by Gasteiger charge is -2.33. The molecule has 44 heavy (non-hydrogen) atoms. The number of rotatable bonds is 6. The number of amides is 2. The fraction of sp³-hybridized carbons (Fsp3) is 0.438. The number of anilines is 2. The summed E-state index contributed by atoms with van der Waals surface area (Å²) in [7, 11) is 0. The zero-order valence-electron chi connectivity index (χ0n) is 25.4. The van der Waals surface area contributed by atoms with Crippen LogP contribution in [0, 0.1) is 0 Å². The summed E-state index contributed by atoms with van der Waals surface area (Å²) in [5.41, 5.74) is 2.84. The smallest absolute Gasteiger partial charge is 0.374 e. The lowest BCUT2D eigenvalue weighted by atomic mass is 9.85. The number of benzene rings is 1. The average molecular weight is 599 g/mol. The third-order valence-electron chi connectivity index (χ3n) is 8.36. The molecule has 1 aromatic carbocycles. The Morgan fingerprint density at radius 2 is 1.80 bits per heavy atom. The fourth-order valence-electron chi connectivity index (χ4n) is 6.01. The van der Waals surface area contributed by atoms with Crippen LogP contribution in [0.2, 0.25) is 0 Å². The van der Waals surface area contributed by atoms with E-state index < -0.39 is 17.4 Å². The summed E-state index contributed by atoms with van der Waals surface area (Å²) in [5.74, 6) is 0.0730. The van der Waals surface area contributed by atoms with Gasteiger partial charge in [0.2, 0.25) is 11.8 Å². The number of fused-ring (bicyclic) bond motifs is 2. The summed E-state index contributed by atoms with van der Waals surface area (Å²) in [5, 5.41) is 24.1. The Morgan fingerprint density at radius 3 is 2.55 bits per heavy atom. The number of hydrogen-bond donors (Lipinski definition) is 3. The van der Waals surface area contributed by atoms with Crippen molar-refractivity contribution in [3.63, 3.8) is 0 Å². The highest BCUT2D eigenvalue weighted by molar-refractivity contribution is 5.90. The van der Waals surface area contributed by atoms with Gasteiger partial charge in [-0.2, -0.15) is 0 Å². The normalized spacial score (nSPS) is 20.2. The fourth-order valence-corrected chi connectivity index (χ4v) is 6.01. The topological polar surface area (TPSA) is 147 Å². The molecule has 1 fully saturated rings. The quantitative estimate of drug-likeness (QED) is 0.255. The summed E-state index contributed by atoms with van der Waals surface area (Å²) in [4.78, 5) is 35.2. The van der Waals surface area contributed by atoms with Crippen LogP contribution in [0.4, 0.5) is 16.6 Å². The molecule has 12 heteroatoms. The van der Waals surface area contributed by atoms with E-state index in [1.165, 1.54) is 6.42 Å². The molecule has 3 N–H and O–H groups in total. The van der Waals surface area contributed by atoms with Crippen molar-refractivity contribution in [3.8, 4) is 5.75 Å². The molecule has 0 saturated carbocycles. The van der Waals surface area contributed by atoms with Gasteiger partial charge in [0.15, 0.2) is 5.65 Å².